The maximum absolute atomic E-state index is 11.2. The van der Waals surface area contributed by atoms with Crippen molar-refractivity contribution in [3.05, 3.63) is 28.3 Å². The molecule has 0 aromatic heterocycles. The van der Waals surface area contributed by atoms with Crippen LogP contribution in [0.3, 0.4) is 0 Å². The highest BCUT2D eigenvalue weighted by Crippen LogP contribution is 2.49. The molecule has 1 atom stereocenters. The number of aryl methyl sites for hydroxylation is 1. The molecule has 0 bridgehead atoms. The van der Waals surface area contributed by atoms with E-state index in [9.17, 15) is 9.90 Å². The summed E-state index contributed by atoms with van der Waals surface area (Å²) in [6.07, 6.45) is 4.81. The molecule has 1 aromatic rings. The predicted octanol–water partition coefficient (Wildman–Crippen LogP) is 4.41. The molecule has 0 heterocycles. The van der Waals surface area contributed by atoms with Crippen molar-refractivity contribution in [1.29, 1.82) is 0 Å². The fourth-order valence-electron chi connectivity index (χ4n) is 2.89. The number of benzene rings is 1. The Kier molecular flexibility index (Phi) is 4.12. The normalized spacial score (nSPS) is 19.3. The van der Waals surface area contributed by atoms with Gasteiger partial charge in [0.2, 0.25) is 0 Å². The lowest BCUT2D eigenvalue weighted by Gasteiger charge is -2.21. The van der Waals surface area contributed by atoms with E-state index in [2.05, 4.69) is 6.07 Å². The third-order valence-electron chi connectivity index (χ3n) is 4.36. The highest BCUT2D eigenvalue weighted by molar-refractivity contribution is 6.32. The highest BCUT2D eigenvalue weighted by atomic mass is 35.5. The van der Waals surface area contributed by atoms with E-state index >= 15 is 0 Å². The van der Waals surface area contributed by atoms with Gasteiger partial charge in [0, 0.05) is 5.92 Å². The first kappa shape index (κ1) is 14.7. The number of carbonyl (C=O) groups is 1. The van der Waals surface area contributed by atoms with Gasteiger partial charge in [-0.05, 0) is 61.6 Å². The third-order valence-corrected chi connectivity index (χ3v) is 4.64. The maximum Gasteiger partial charge on any atom is 0.303 e. The molecule has 2 saturated carbocycles. The second-order valence-corrected chi connectivity index (χ2v) is 6.87. The molecule has 3 nitrogen and oxygen atoms in total. The molecule has 21 heavy (non-hydrogen) atoms. The summed E-state index contributed by atoms with van der Waals surface area (Å²) in [4.78, 5) is 11.2. The van der Waals surface area contributed by atoms with E-state index in [0.717, 1.165) is 24.0 Å². The first-order chi connectivity index (χ1) is 10.0. The lowest BCUT2D eigenvalue weighted by molar-refractivity contribution is -0.137. The molecule has 0 spiro atoms. The molecule has 4 heteroatoms. The van der Waals surface area contributed by atoms with Crippen LogP contribution >= 0.6 is 11.6 Å². The van der Waals surface area contributed by atoms with Crippen molar-refractivity contribution in [2.45, 2.75) is 44.9 Å². The monoisotopic (exact) mass is 308 g/mol. The van der Waals surface area contributed by atoms with E-state index in [4.69, 9.17) is 16.3 Å². The minimum atomic E-state index is -0.752. The first-order valence-corrected chi connectivity index (χ1v) is 8.07. The summed E-state index contributed by atoms with van der Waals surface area (Å²) in [6, 6.07) is 3.96. The molecule has 3 rings (SSSR count). The SMILES string of the molecule is Cc1cc(Cl)c(OCC2CC2)c(C(CC(=O)O)C2CC2)c1. The molecule has 2 aliphatic carbocycles. The minimum Gasteiger partial charge on any atom is -0.491 e. The van der Waals surface area contributed by atoms with E-state index in [0.29, 0.717) is 29.2 Å². The fourth-order valence-corrected chi connectivity index (χ4v) is 3.22. The van der Waals surface area contributed by atoms with E-state index in [1.807, 2.05) is 13.0 Å². The molecule has 2 aliphatic rings. The number of aliphatic carboxylic acids is 1. The predicted molar refractivity (Wildman–Crippen MR) is 82.1 cm³/mol. The zero-order valence-corrected chi connectivity index (χ0v) is 13.0. The quantitative estimate of drug-likeness (QED) is 0.811. The van der Waals surface area contributed by atoms with Crippen LogP contribution in [0.25, 0.3) is 0 Å². The lowest BCUT2D eigenvalue weighted by Crippen LogP contribution is -2.12. The molecule has 2 fully saturated rings. The van der Waals surface area contributed by atoms with Crippen LogP contribution in [0.4, 0.5) is 0 Å². The molecule has 1 N–H and O–H groups in total. The molecule has 114 valence electrons. The summed E-state index contributed by atoms with van der Waals surface area (Å²) in [5.41, 5.74) is 2.05. The number of hydrogen-bond donors (Lipinski definition) is 1. The van der Waals surface area contributed by atoms with E-state index in [1.165, 1.54) is 12.8 Å². The van der Waals surface area contributed by atoms with Crippen molar-refractivity contribution in [2.24, 2.45) is 11.8 Å². The Hall–Kier alpha value is -1.22. The van der Waals surface area contributed by atoms with Crippen LogP contribution in [0.5, 0.6) is 5.75 Å². The summed E-state index contributed by atoms with van der Waals surface area (Å²) in [5.74, 6) is 1.09. The Morgan fingerprint density at radius 1 is 1.38 bits per heavy atom. The van der Waals surface area contributed by atoms with Crippen LogP contribution in [0.1, 0.15) is 49.1 Å². The largest absolute Gasteiger partial charge is 0.491 e. The van der Waals surface area contributed by atoms with Crippen LogP contribution in [0.2, 0.25) is 5.02 Å². The zero-order chi connectivity index (χ0) is 15.0. The van der Waals surface area contributed by atoms with Crippen molar-refractivity contribution < 1.29 is 14.6 Å². The number of halogens is 1. The second-order valence-electron chi connectivity index (χ2n) is 6.46. The van der Waals surface area contributed by atoms with Gasteiger partial charge in [-0.1, -0.05) is 17.7 Å². The summed E-state index contributed by atoms with van der Waals surface area (Å²) in [7, 11) is 0. The Morgan fingerprint density at radius 2 is 2.10 bits per heavy atom. The van der Waals surface area contributed by atoms with Gasteiger partial charge in [-0.25, -0.2) is 0 Å². The molecule has 0 radical (unpaired) electrons. The van der Waals surface area contributed by atoms with Crippen molar-refractivity contribution in [3.63, 3.8) is 0 Å². The van der Waals surface area contributed by atoms with Crippen LogP contribution < -0.4 is 4.74 Å². The van der Waals surface area contributed by atoms with E-state index in [-0.39, 0.29) is 12.3 Å². The summed E-state index contributed by atoms with van der Waals surface area (Å²) in [6.45, 7) is 2.69. The van der Waals surface area contributed by atoms with Crippen LogP contribution in [-0.4, -0.2) is 17.7 Å². The molecule has 1 unspecified atom stereocenters. The Balaban J connectivity index is 1.90. The maximum atomic E-state index is 11.2. The van der Waals surface area contributed by atoms with Crippen molar-refractivity contribution >= 4 is 17.6 Å². The smallest absolute Gasteiger partial charge is 0.303 e. The summed E-state index contributed by atoms with van der Waals surface area (Å²) >= 11 is 6.37. The lowest BCUT2D eigenvalue weighted by atomic mass is 9.89. The van der Waals surface area contributed by atoms with Crippen LogP contribution in [-0.2, 0) is 4.79 Å². The molecule has 0 amide bonds. The number of carboxylic acid groups (broad SMARTS) is 1. The molecule has 1 aromatic carbocycles. The number of carboxylic acids is 1. The standard InChI is InChI=1S/C17H21ClO3/c1-10-6-14(13(8-16(19)20)12-4-5-12)17(15(18)7-10)21-9-11-2-3-11/h6-7,11-13H,2-5,8-9H2,1H3,(H,19,20). The van der Waals surface area contributed by atoms with Gasteiger partial charge in [-0.2, -0.15) is 0 Å². The van der Waals surface area contributed by atoms with Gasteiger partial charge in [0.25, 0.3) is 0 Å². The van der Waals surface area contributed by atoms with Gasteiger partial charge in [-0.15, -0.1) is 0 Å². The molecule has 0 saturated heterocycles. The van der Waals surface area contributed by atoms with Gasteiger partial charge in [0.15, 0.2) is 0 Å². The number of rotatable bonds is 7. The molecular weight excluding hydrogens is 288 g/mol. The van der Waals surface area contributed by atoms with Crippen molar-refractivity contribution in [3.8, 4) is 5.75 Å². The zero-order valence-electron chi connectivity index (χ0n) is 12.3. The van der Waals surface area contributed by atoms with Crippen LogP contribution in [0.15, 0.2) is 12.1 Å². The van der Waals surface area contributed by atoms with E-state index in [1.54, 1.807) is 0 Å². The Labute approximate surface area is 130 Å². The van der Waals surface area contributed by atoms with Gasteiger partial charge in [0.1, 0.15) is 5.75 Å². The molecular formula is C17H21ClO3. The number of ether oxygens (including phenoxy) is 1. The first-order valence-electron chi connectivity index (χ1n) is 7.69. The average Bonchev–Trinajstić information content (AvgIpc) is 3.25. The third kappa shape index (κ3) is 3.70. The van der Waals surface area contributed by atoms with Crippen molar-refractivity contribution in [1.82, 2.24) is 0 Å². The van der Waals surface area contributed by atoms with Crippen molar-refractivity contribution in [2.75, 3.05) is 6.61 Å². The summed E-state index contributed by atoms with van der Waals surface area (Å²) < 4.78 is 5.96. The van der Waals surface area contributed by atoms with Gasteiger partial charge in [-0.3, -0.25) is 4.79 Å². The van der Waals surface area contributed by atoms with Crippen LogP contribution in [0, 0.1) is 18.8 Å². The molecule has 0 aliphatic heterocycles. The van der Waals surface area contributed by atoms with Gasteiger partial charge >= 0.3 is 5.97 Å². The number of hydrogen-bond acceptors (Lipinski definition) is 2. The average molecular weight is 309 g/mol. The fraction of sp³-hybridized carbons (Fsp3) is 0.588. The van der Waals surface area contributed by atoms with Gasteiger partial charge in [0.05, 0.1) is 18.1 Å². The minimum absolute atomic E-state index is 0.0223. The topological polar surface area (TPSA) is 46.5 Å². The Morgan fingerprint density at radius 3 is 2.67 bits per heavy atom. The second kappa shape index (κ2) is 5.88. The highest BCUT2D eigenvalue weighted by Gasteiger charge is 2.36. The van der Waals surface area contributed by atoms with Gasteiger partial charge < -0.3 is 9.84 Å². The van der Waals surface area contributed by atoms with E-state index < -0.39 is 5.97 Å². The Bertz CT molecular complexity index is 547. The summed E-state index contributed by atoms with van der Waals surface area (Å²) in [5, 5.41) is 9.82.